The van der Waals surface area contributed by atoms with Gasteiger partial charge in [-0.15, -0.1) is 0 Å². The SMILES string of the molecule is COc1cc(CC(=O)Nc2ccccc2F)ccc1C. The molecule has 0 aromatic heterocycles. The van der Waals surface area contributed by atoms with Crippen LogP contribution in [0.25, 0.3) is 0 Å². The van der Waals surface area contributed by atoms with E-state index < -0.39 is 5.82 Å². The van der Waals surface area contributed by atoms with Crippen molar-refractivity contribution >= 4 is 11.6 Å². The Morgan fingerprint density at radius 1 is 1.25 bits per heavy atom. The first-order chi connectivity index (χ1) is 9.60. The molecule has 3 nitrogen and oxygen atoms in total. The average molecular weight is 273 g/mol. The molecule has 1 amide bonds. The first kappa shape index (κ1) is 14.1. The molecule has 2 aromatic carbocycles. The minimum Gasteiger partial charge on any atom is -0.496 e. The van der Waals surface area contributed by atoms with Gasteiger partial charge in [-0.3, -0.25) is 4.79 Å². The minimum atomic E-state index is -0.442. The maximum Gasteiger partial charge on any atom is 0.228 e. The van der Waals surface area contributed by atoms with Gasteiger partial charge < -0.3 is 10.1 Å². The normalized spacial score (nSPS) is 10.2. The summed E-state index contributed by atoms with van der Waals surface area (Å²) in [4.78, 5) is 11.9. The van der Waals surface area contributed by atoms with Crippen molar-refractivity contribution in [2.45, 2.75) is 13.3 Å². The van der Waals surface area contributed by atoms with Gasteiger partial charge in [-0.1, -0.05) is 24.3 Å². The van der Waals surface area contributed by atoms with E-state index >= 15 is 0 Å². The quantitative estimate of drug-likeness (QED) is 0.928. The number of hydrogen-bond acceptors (Lipinski definition) is 2. The molecule has 0 spiro atoms. The molecule has 1 N–H and O–H groups in total. The van der Waals surface area contributed by atoms with Crippen LogP contribution in [0, 0.1) is 12.7 Å². The van der Waals surface area contributed by atoms with Gasteiger partial charge in [0.2, 0.25) is 5.91 Å². The average Bonchev–Trinajstić information content (AvgIpc) is 2.43. The number of ether oxygens (including phenoxy) is 1. The molecule has 2 rings (SSSR count). The Bertz CT molecular complexity index is 626. The highest BCUT2D eigenvalue weighted by atomic mass is 19.1. The van der Waals surface area contributed by atoms with E-state index in [0.717, 1.165) is 16.9 Å². The van der Waals surface area contributed by atoms with Crippen LogP contribution < -0.4 is 10.1 Å². The van der Waals surface area contributed by atoms with Crippen molar-refractivity contribution in [1.29, 1.82) is 0 Å². The lowest BCUT2D eigenvalue weighted by molar-refractivity contribution is -0.115. The Labute approximate surface area is 117 Å². The van der Waals surface area contributed by atoms with Crippen molar-refractivity contribution in [2.24, 2.45) is 0 Å². The molecule has 0 saturated carbocycles. The van der Waals surface area contributed by atoms with Crippen molar-refractivity contribution in [3.05, 3.63) is 59.4 Å². The van der Waals surface area contributed by atoms with E-state index in [1.165, 1.54) is 12.1 Å². The van der Waals surface area contributed by atoms with Crippen molar-refractivity contribution in [2.75, 3.05) is 12.4 Å². The Hall–Kier alpha value is -2.36. The highest BCUT2D eigenvalue weighted by molar-refractivity contribution is 5.92. The summed E-state index contributed by atoms with van der Waals surface area (Å²) in [7, 11) is 1.59. The van der Waals surface area contributed by atoms with Crippen molar-refractivity contribution in [1.82, 2.24) is 0 Å². The summed E-state index contributed by atoms with van der Waals surface area (Å²) in [5, 5.41) is 2.56. The second kappa shape index (κ2) is 6.19. The van der Waals surface area contributed by atoms with Gasteiger partial charge in [-0.05, 0) is 36.2 Å². The monoisotopic (exact) mass is 273 g/mol. The topological polar surface area (TPSA) is 38.3 Å². The van der Waals surface area contributed by atoms with Gasteiger partial charge in [0.15, 0.2) is 0 Å². The molecular weight excluding hydrogens is 257 g/mol. The standard InChI is InChI=1S/C16H16FNO2/c1-11-7-8-12(9-15(11)20-2)10-16(19)18-14-6-4-3-5-13(14)17/h3-9H,10H2,1-2H3,(H,18,19). The summed E-state index contributed by atoms with van der Waals surface area (Å²) in [5.41, 5.74) is 2.02. The van der Waals surface area contributed by atoms with E-state index in [1.807, 2.05) is 25.1 Å². The number of halogens is 1. The number of aryl methyl sites for hydroxylation is 1. The molecule has 0 bridgehead atoms. The van der Waals surface area contributed by atoms with Gasteiger partial charge in [0.05, 0.1) is 19.2 Å². The number of nitrogens with one attached hydrogen (secondary N) is 1. The van der Waals surface area contributed by atoms with Crippen LogP contribution in [0.1, 0.15) is 11.1 Å². The number of carbonyl (C=O) groups is 1. The zero-order valence-electron chi connectivity index (χ0n) is 11.4. The number of amides is 1. The molecule has 0 atom stereocenters. The summed E-state index contributed by atoms with van der Waals surface area (Å²) >= 11 is 0. The van der Waals surface area contributed by atoms with Crippen LogP contribution in [0.15, 0.2) is 42.5 Å². The summed E-state index contributed by atoms with van der Waals surface area (Å²) in [6.45, 7) is 1.93. The number of carbonyl (C=O) groups excluding carboxylic acids is 1. The van der Waals surface area contributed by atoms with E-state index in [4.69, 9.17) is 4.74 Å². The number of benzene rings is 2. The second-order valence-corrected chi connectivity index (χ2v) is 4.51. The fourth-order valence-electron chi connectivity index (χ4n) is 1.92. The smallest absolute Gasteiger partial charge is 0.228 e. The maximum absolute atomic E-state index is 13.4. The Morgan fingerprint density at radius 2 is 2.00 bits per heavy atom. The fourth-order valence-corrected chi connectivity index (χ4v) is 1.92. The molecule has 0 aliphatic rings. The molecule has 0 aliphatic heterocycles. The largest absolute Gasteiger partial charge is 0.496 e. The van der Waals surface area contributed by atoms with Crippen molar-refractivity contribution in [3.8, 4) is 5.75 Å². The van der Waals surface area contributed by atoms with E-state index in [0.29, 0.717) is 0 Å². The minimum absolute atomic E-state index is 0.172. The first-order valence-corrected chi connectivity index (χ1v) is 6.28. The van der Waals surface area contributed by atoms with E-state index in [9.17, 15) is 9.18 Å². The molecule has 0 radical (unpaired) electrons. The van der Waals surface area contributed by atoms with Gasteiger partial charge in [0.1, 0.15) is 11.6 Å². The third-order valence-electron chi connectivity index (χ3n) is 2.99. The number of rotatable bonds is 4. The predicted molar refractivity (Wildman–Crippen MR) is 76.5 cm³/mol. The molecule has 20 heavy (non-hydrogen) atoms. The molecule has 4 heteroatoms. The van der Waals surface area contributed by atoms with Crippen LogP contribution in [0.3, 0.4) is 0 Å². The number of para-hydroxylation sites is 1. The lowest BCUT2D eigenvalue weighted by Crippen LogP contribution is -2.15. The van der Waals surface area contributed by atoms with Gasteiger partial charge in [0.25, 0.3) is 0 Å². The number of methoxy groups -OCH3 is 1. The highest BCUT2D eigenvalue weighted by Gasteiger charge is 2.08. The van der Waals surface area contributed by atoms with Crippen molar-refractivity contribution < 1.29 is 13.9 Å². The van der Waals surface area contributed by atoms with Gasteiger partial charge in [-0.2, -0.15) is 0 Å². The van der Waals surface area contributed by atoms with Crippen LogP contribution in [-0.4, -0.2) is 13.0 Å². The molecule has 0 unspecified atom stereocenters. The molecular formula is C16H16FNO2. The van der Waals surface area contributed by atoms with Gasteiger partial charge >= 0.3 is 0 Å². The van der Waals surface area contributed by atoms with Gasteiger partial charge in [0, 0.05) is 0 Å². The van der Waals surface area contributed by atoms with Crippen LogP contribution in [0.5, 0.6) is 5.75 Å². The molecule has 0 saturated heterocycles. The Morgan fingerprint density at radius 3 is 2.70 bits per heavy atom. The zero-order valence-corrected chi connectivity index (χ0v) is 11.4. The maximum atomic E-state index is 13.4. The van der Waals surface area contributed by atoms with Crippen LogP contribution in [0.4, 0.5) is 10.1 Å². The summed E-state index contributed by atoms with van der Waals surface area (Å²) in [6, 6.07) is 11.7. The molecule has 0 fully saturated rings. The fraction of sp³-hybridized carbons (Fsp3) is 0.188. The third-order valence-corrected chi connectivity index (χ3v) is 2.99. The first-order valence-electron chi connectivity index (χ1n) is 6.28. The summed E-state index contributed by atoms with van der Waals surface area (Å²) < 4.78 is 18.6. The van der Waals surface area contributed by atoms with Crippen LogP contribution in [0.2, 0.25) is 0 Å². The third kappa shape index (κ3) is 3.35. The molecule has 104 valence electrons. The molecule has 0 aliphatic carbocycles. The number of hydrogen-bond donors (Lipinski definition) is 1. The lowest BCUT2D eigenvalue weighted by atomic mass is 10.1. The van der Waals surface area contributed by atoms with E-state index in [-0.39, 0.29) is 18.0 Å². The summed E-state index contributed by atoms with van der Waals surface area (Å²) in [6.07, 6.45) is 0.172. The lowest BCUT2D eigenvalue weighted by Gasteiger charge is -2.09. The van der Waals surface area contributed by atoms with Crippen LogP contribution >= 0.6 is 0 Å². The predicted octanol–water partition coefficient (Wildman–Crippen LogP) is 3.32. The van der Waals surface area contributed by atoms with Crippen LogP contribution in [-0.2, 0) is 11.2 Å². The Balaban J connectivity index is 2.07. The Kier molecular flexibility index (Phi) is 4.35. The van der Waals surface area contributed by atoms with E-state index in [2.05, 4.69) is 5.32 Å². The van der Waals surface area contributed by atoms with Crippen molar-refractivity contribution in [3.63, 3.8) is 0 Å². The van der Waals surface area contributed by atoms with Gasteiger partial charge in [-0.25, -0.2) is 4.39 Å². The zero-order chi connectivity index (χ0) is 14.5. The summed E-state index contributed by atoms with van der Waals surface area (Å²) in [5.74, 6) is 0.0320. The van der Waals surface area contributed by atoms with E-state index in [1.54, 1.807) is 19.2 Å². The number of anilines is 1. The highest BCUT2D eigenvalue weighted by Crippen LogP contribution is 2.20. The molecule has 0 heterocycles. The molecule has 2 aromatic rings. The second-order valence-electron chi connectivity index (χ2n) is 4.51.